The van der Waals surface area contributed by atoms with Crippen LogP contribution in [0.4, 0.5) is 0 Å². The molecular formula is C21H24N2O4. The van der Waals surface area contributed by atoms with Gasteiger partial charge < -0.3 is 19.3 Å². The highest BCUT2D eigenvalue weighted by molar-refractivity contribution is 5.48. The molecule has 0 aliphatic carbocycles. The lowest BCUT2D eigenvalue weighted by Gasteiger charge is -2.31. The zero-order chi connectivity index (χ0) is 19.2. The average molecular weight is 368 g/mol. The summed E-state index contributed by atoms with van der Waals surface area (Å²) in [6, 6.07) is 13.0. The Morgan fingerprint density at radius 1 is 1.11 bits per heavy atom. The van der Waals surface area contributed by atoms with Gasteiger partial charge in [-0.3, -0.25) is 4.90 Å². The number of hydrogen-bond acceptors (Lipinski definition) is 6. The van der Waals surface area contributed by atoms with E-state index >= 15 is 0 Å². The highest BCUT2D eigenvalue weighted by atomic mass is 16.5. The van der Waals surface area contributed by atoms with Crippen LogP contribution in [0, 0.1) is 11.3 Å². The molecule has 0 amide bonds. The van der Waals surface area contributed by atoms with Crippen molar-refractivity contribution >= 4 is 0 Å². The molecule has 2 aromatic rings. The van der Waals surface area contributed by atoms with E-state index in [0.717, 1.165) is 31.0 Å². The van der Waals surface area contributed by atoms with Gasteiger partial charge in [-0.2, -0.15) is 5.26 Å². The van der Waals surface area contributed by atoms with Gasteiger partial charge in [0.05, 0.1) is 25.9 Å². The van der Waals surface area contributed by atoms with Crippen molar-refractivity contribution in [1.82, 2.24) is 4.90 Å². The fourth-order valence-electron chi connectivity index (χ4n) is 3.27. The van der Waals surface area contributed by atoms with Gasteiger partial charge in [-0.15, -0.1) is 0 Å². The molecule has 0 aromatic heterocycles. The van der Waals surface area contributed by atoms with E-state index in [4.69, 9.17) is 19.5 Å². The molecule has 142 valence electrons. The van der Waals surface area contributed by atoms with E-state index in [-0.39, 0.29) is 6.61 Å². The Balaban J connectivity index is 1.55. The van der Waals surface area contributed by atoms with Crippen LogP contribution < -0.4 is 14.2 Å². The lowest BCUT2D eigenvalue weighted by atomic mass is 9.98. The zero-order valence-corrected chi connectivity index (χ0v) is 15.6. The lowest BCUT2D eigenvalue weighted by Crippen LogP contribution is -2.38. The van der Waals surface area contributed by atoms with E-state index in [1.54, 1.807) is 38.5 Å². The summed E-state index contributed by atoms with van der Waals surface area (Å²) in [6.07, 6.45) is 0.307. The van der Waals surface area contributed by atoms with Crippen LogP contribution in [0.3, 0.4) is 0 Å². The second-order valence-electron chi connectivity index (χ2n) is 6.56. The number of nitrogens with zero attached hydrogens (tertiary/aromatic N) is 2. The third kappa shape index (κ3) is 4.70. The second kappa shape index (κ2) is 8.76. The standard InChI is InChI=1S/C21H24N2O4/c1-25-20-9-16-7-8-23(12-17(16)10-21(20)26-2)13-18(24)14-27-19-5-3-15(11-22)4-6-19/h3-6,9-10,18,24H,7-8,12-14H2,1-2H3. The highest BCUT2D eigenvalue weighted by Gasteiger charge is 2.21. The van der Waals surface area contributed by atoms with Crippen LogP contribution in [0.25, 0.3) is 0 Å². The Hall–Kier alpha value is -2.75. The van der Waals surface area contributed by atoms with Gasteiger partial charge in [-0.05, 0) is 53.9 Å². The molecule has 3 rings (SSSR count). The predicted molar refractivity (Wildman–Crippen MR) is 101 cm³/mol. The van der Waals surface area contributed by atoms with Crippen molar-refractivity contribution in [3.63, 3.8) is 0 Å². The first kappa shape index (κ1) is 19.0. The first-order valence-electron chi connectivity index (χ1n) is 8.90. The maximum Gasteiger partial charge on any atom is 0.161 e. The van der Waals surface area contributed by atoms with Crippen LogP contribution in [-0.2, 0) is 13.0 Å². The number of hydrogen-bond donors (Lipinski definition) is 1. The Kier molecular flexibility index (Phi) is 6.17. The summed E-state index contributed by atoms with van der Waals surface area (Å²) in [5.41, 5.74) is 3.04. The first-order valence-corrected chi connectivity index (χ1v) is 8.90. The maximum atomic E-state index is 10.3. The van der Waals surface area contributed by atoms with Gasteiger partial charge in [0.2, 0.25) is 0 Å². The molecule has 6 nitrogen and oxygen atoms in total. The van der Waals surface area contributed by atoms with E-state index in [0.29, 0.717) is 17.9 Å². The number of ether oxygens (including phenoxy) is 3. The summed E-state index contributed by atoms with van der Waals surface area (Å²) in [5, 5.41) is 19.1. The van der Waals surface area contributed by atoms with Gasteiger partial charge in [0, 0.05) is 19.6 Å². The van der Waals surface area contributed by atoms with E-state index in [1.165, 1.54) is 11.1 Å². The summed E-state index contributed by atoms with van der Waals surface area (Å²) in [4.78, 5) is 2.21. The van der Waals surface area contributed by atoms with Crippen LogP contribution in [0.5, 0.6) is 17.2 Å². The van der Waals surface area contributed by atoms with Gasteiger partial charge >= 0.3 is 0 Å². The number of aliphatic hydroxyl groups is 1. The number of fused-ring (bicyclic) bond motifs is 1. The predicted octanol–water partition coefficient (Wildman–Crippen LogP) is 2.37. The molecule has 0 fully saturated rings. The van der Waals surface area contributed by atoms with Crippen molar-refractivity contribution in [2.45, 2.75) is 19.1 Å². The number of nitriles is 1. The minimum absolute atomic E-state index is 0.210. The van der Waals surface area contributed by atoms with Crippen LogP contribution >= 0.6 is 0 Å². The van der Waals surface area contributed by atoms with Crippen molar-refractivity contribution in [2.24, 2.45) is 0 Å². The maximum absolute atomic E-state index is 10.3. The van der Waals surface area contributed by atoms with Gasteiger partial charge in [0.25, 0.3) is 0 Å². The Morgan fingerprint density at radius 3 is 2.41 bits per heavy atom. The van der Waals surface area contributed by atoms with Crippen molar-refractivity contribution < 1.29 is 19.3 Å². The summed E-state index contributed by atoms with van der Waals surface area (Å²) >= 11 is 0. The van der Waals surface area contributed by atoms with E-state index in [1.807, 2.05) is 12.1 Å². The topological polar surface area (TPSA) is 75.0 Å². The van der Waals surface area contributed by atoms with E-state index in [9.17, 15) is 5.11 Å². The molecule has 1 aliphatic rings. The van der Waals surface area contributed by atoms with E-state index < -0.39 is 6.10 Å². The third-order valence-electron chi connectivity index (χ3n) is 4.69. The van der Waals surface area contributed by atoms with Crippen molar-refractivity contribution in [3.05, 3.63) is 53.1 Å². The fourth-order valence-corrected chi connectivity index (χ4v) is 3.27. The number of β-amino-alcohol motifs (C(OH)–C–C–N with tert-alkyl or cyclic N) is 1. The molecule has 1 atom stereocenters. The lowest BCUT2D eigenvalue weighted by molar-refractivity contribution is 0.0637. The molecule has 27 heavy (non-hydrogen) atoms. The average Bonchev–Trinajstić information content (AvgIpc) is 2.71. The van der Waals surface area contributed by atoms with Crippen molar-refractivity contribution in [2.75, 3.05) is 33.9 Å². The number of benzene rings is 2. The molecule has 2 aromatic carbocycles. The van der Waals surface area contributed by atoms with Crippen LogP contribution in [0.2, 0.25) is 0 Å². The zero-order valence-electron chi connectivity index (χ0n) is 15.6. The molecule has 0 saturated carbocycles. The Labute approximate surface area is 159 Å². The molecule has 1 unspecified atom stereocenters. The molecule has 1 N–H and O–H groups in total. The smallest absolute Gasteiger partial charge is 0.161 e. The monoisotopic (exact) mass is 368 g/mol. The third-order valence-corrected chi connectivity index (χ3v) is 4.69. The first-order chi connectivity index (χ1) is 13.1. The molecule has 0 saturated heterocycles. The minimum atomic E-state index is -0.595. The SMILES string of the molecule is COc1cc2c(cc1OC)CN(CC(O)COc1ccc(C#N)cc1)CC2. The normalized spacial score (nSPS) is 14.7. The van der Waals surface area contributed by atoms with Gasteiger partial charge in [-0.25, -0.2) is 0 Å². The second-order valence-corrected chi connectivity index (χ2v) is 6.56. The summed E-state index contributed by atoms with van der Waals surface area (Å²) in [5.74, 6) is 2.12. The van der Waals surface area contributed by atoms with Crippen molar-refractivity contribution in [3.8, 4) is 23.3 Å². The van der Waals surface area contributed by atoms with E-state index in [2.05, 4.69) is 11.0 Å². The van der Waals surface area contributed by atoms with Crippen LogP contribution in [-0.4, -0.2) is 50.0 Å². The van der Waals surface area contributed by atoms with Gasteiger partial charge in [0.15, 0.2) is 11.5 Å². The molecule has 1 aliphatic heterocycles. The van der Waals surface area contributed by atoms with Crippen LogP contribution in [0.15, 0.2) is 36.4 Å². The molecule has 0 radical (unpaired) electrons. The minimum Gasteiger partial charge on any atom is -0.493 e. The molecule has 6 heteroatoms. The highest BCUT2D eigenvalue weighted by Crippen LogP contribution is 2.33. The van der Waals surface area contributed by atoms with Gasteiger partial charge in [-0.1, -0.05) is 0 Å². The van der Waals surface area contributed by atoms with Crippen LogP contribution in [0.1, 0.15) is 16.7 Å². The molecular weight excluding hydrogens is 344 g/mol. The number of rotatable bonds is 7. The number of aliphatic hydroxyl groups excluding tert-OH is 1. The Bertz CT molecular complexity index is 814. The Morgan fingerprint density at radius 2 is 1.78 bits per heavy atom. The number of methoxy groups -OCH3 is 2. The fraction of sp³-hybridized carbons (Fsp3) is 0.381. The molecule has 0 spiro atoms. The summed E-state index contributed by atoms with van der Waals surface area (Å²) in [7, 11) is 3.28. The molecule has 1 heterocycles. The molecule has 0 bridgehead atoms. The largest absolute Gasteiger partial charge is 0.493 e. The van der Waals surface area contributed by atoms with Gasteiger partial charge in [0.1, 0.15) is 18.5 Å². The summed E-state index contributed by atoms with van der Waals surface area (Å²) < 4.78 is 16.4. The van der Waals surface area contributed by atoms with Crippen molar-refractivity contribution in [1.29, 1.82) is 5.26 Å². The quantitative estimate of drug-likeness (QED) is 0.809. The summed E-state index contributed by atoms with van der Waals surface area (Å²) in [6.45, 7) is 2.37.